The third-order valence-electron chi connectivity index (χ3n) is 3.42. The number of aliphatic imine (C=N–C) groups is 1. The molecule has 0 heterocycles. The maximum Gasteiger partial charge on any atom is 0.307 e. The lowest BCUT2D eigenvalue weighted by Gasteiger charge is -2.30. The summed E-state index contributed by atoms with van der Waals surface area (Å²) < 4.78 is 5.09. The first-order chi connectivity index (χ1) is 10.8. The minimum atomic E-state index is -0.188. The van der Waals surface area contributed by atoms with Gasteiger partial charge in [0.25, 0.3) is 0 Å². The van der Waals surface area contributed by atoms with Crippen molar-refractivity contribution in [1.82, 2.24) is 15.5 Å². The second-order valence-corrected chi connectivity index (χ2v) is 6.49. The molecule has 0 aliphatic heterocycles. The Labute approximate surface area is 165 Å². The lowest BCUT2D eigenvalue weighted by molar-refractivity contribution is -0.147. The Hall–Kier alpha value is -0.570. The number of esters is 1. The number of hydrogen-bond acceptors (Lipinski definition) is 4. The van der Waals surface area contributed by atoms with Gasteiger partial charge in [0.1, 0.15) is 0 Å². The summed E-state index contributed by atoms with van der Waals surface area (Å²) in [6, 6.07) is 1.11. The third-order valence-corrected chi connectivity index (χ3v) is 3.42. The van der Waals surface area contributed by atoms with E-state index in [0.29, 0.717) is 25.0 Å². The molecule has 0 spiro atoms. The molecule has 0 aromatic rings. The average Bonchev–Trinajstić information content (AvgIpc) is 2.43. The van der Waals surface area contributed by atoms with Crippen molar-refractivity contribution in [3.8, 4) is 0 Å². The molecule has 144 valence electrons. The van der Waals surface area contributed by atoms with Crippen LogP contribution < -0.4 is 10.6 Å². The van der Waals surface area contributed by atoms with Crippen LogP contribution in [0.15, 0.2) is 4.99 Å². The number of rotatable bonds is 10. The molecule has 0 bridgehead atoms. The molecule has 0 saturated heterocycles. The minimum Gasteiger partial charge on any atom is -0.463 e. The molecular formula is C17H37IN4O2. The van der Waals surface area contributed by atoms with E-state index in [2.05, 4.69) is 48.2 Å². The summed E-state index contributed by atoms with van der Waals surface area (Å²) >= 11 is 0. The van der Waals surface area contributed by atoms with Gasteiger partial charge in [0, 0.05) is 38.8 Å². The lowest BCUT2D eigenvalue weighted by Crippen LogP contribution is -2.41. The molecule has 0 saturated carbocycles. The summed E-state index contributed by atoms with van der Waals surface area (Å²) in [5.41, 5.74) is 0. The van der Waals surface area contributed by atoms with Crippen molar-refractivity contribution in [3.63, 3.8) is 0 Å². The molecule has 0 aliphatic rings. The van der Waals surface area contributed by atoms with Gasteiger partial charge in [-0.15, -0.1) is 24.0 Å². The van der Waals surface area contributed by atoms with Crippen LogP contribution in [0.5, 0.6) is 0 Å². The quantitative estimate of drug-likeness (QED) is 0.174. The Morgan fingerprint density at radius 1 is 1.04 bits per heavy atom. The monoisotopic (exact) mass is 456 g/mol. The number of nitrogens with zero attached hydrogens (tertiary/aromatic N) is 2. The van der Waals surface area contributed by atoms with E-state index in [0.717, 1.165) is 25.5 Å². The first kappa shape index (κ1) is 25.7. The Morgan fingerprint density at radius 2 is 1.58 bits per heavy atom. The highest BCUT2D eigenvalue weighted by Gasteiger charge is 2.12. The molecule has 0 rings (SSSR count). The van der Waals surface area contributed by atoms with E-state index < -0.39 is 0 Å². The van der Waals surface area contributed by atoms with Gasteiger partial charge in [0.2, 0.25) is 0 Å². The number of carbonyl (C=O) groups is 1. The lowest BCUT2D eigenvalue weighted by atomic mass is 10.2. The fourth-order valence-electron chi connectivity index (χ4n) is 2.41. The van der Waals surface area contributed by atoms with Crippen LogP contribution >= 0.6 is 24.0 Å². The van der Waals surface area contributed by atoms with Crippen molar-refractivity contribution in [1.29, 1.82) is 0 Å². The highest BCUT2D eigenvalue weighted by molar-refractivity contribution is 14.0. The topological polar surface area (TPSA) is 66.0 Å². The summed E-state index contributed by atoms with van der Waals surface area (Å²) in [6.45, 7) is 15.0. The van der Waals surface area contributed by atoms with Crippen LogP contribution in [0.3, 0.4) is 0 Å². The molecule has 2 N–H and O–H groups in total. The highest BCUT2D eigenvalue weighted by atomic mass is 127. The molecule has 7 heteroatoms. The molecule has 0 radical (unpaired) electrons. The molecule has 0 atom stereocenters. The van der Waals surface area contributed by atoms with Gasteiger partial charge in [-0.25, -0.2) is 0 Å². The van der Waals surface area contributed by atoms with E-state index in [9.17, 15) is 4.79 Å². The van der Waals surface area contributed by atoms with E-state index in [4.69, 9.17) is 4.74 Å². The van der Waals surface area contributed by atoms with Crippen molar-refractivity contribution in [2.24, 2.45) is 4.99 Å². The van der Waals surface area contributed by atoms with Gasteiger partial charge in [-0.1, -0.05) is 0 Å². The number of hydrogen-bond donors (Lipinski definition) is 2. The molecule has 0 aromatic heterocycles. The Balaban J connectivity index is 0. The minimum absolute atomic E-state index is 0. The van der Waals surface area contributed by atoms with E-state index in [1.54, 1.807) is 7.05 Å². The van der Waals surface area contributed by atoms with Gasteiger partial charge >= 0.3 is 5.97 Å². The van der Waals surface area contributed by atoms with E-state index in [1.807, 2.05) is 13.8 Å². The predicted molar refractivity (Wildman–Crippen MR) is 112 cm³/mol. The van der Waals surface area contributed by atoms with Gasteiger partial charge in [0.15, 0.2) is 5.96 Å². The summed E-state index contributed by atoms with van der Waals surface area (Å²) in [5, 5.41) is 6.41. The van der Waals surface area contributed by atoms with Crippen molar-refractivity contribution < 1.29 is 9.53 Å². The van der Waals surface area contributed by atoms with Crippen LogP contribution in [0.2, 0.25) is 0 Å². The normalized spacial score (nSPS) is 11.9. The van der Waals surface area contributed by atoms with Gasteiger partial charge in [0.05, 0.1) is 12.5 Å². The standard InChI is InChI=1S/C17H36N4O2.HI/c1-13(2)21(14(3)4)12-8-10-19-17(18-7)20-11-9-16(22)23-15(5)6;/h13-15H,8-12H2,1-7H3,(H2,18,19,20);1H. The highest BCUT2D eigenvalue weighted by Crippen LogP contribution is 2.05. The first-order valence-corrected chi connectivity index (χ1v) is 8.67. The molecule has 0 amide bonds. The molecule has 0 aliphatic carbocycles. The fraction of sp³-hybridized carbons (Fsp3) is 0.882. The van der Waals surface area contributed by atoms with Crippen LogP contribution in [-0.4, -0.2) is 61.7 Å². The Morgan fingerprint density at radius 3 is 2.04 bits per heavy atom. The van der Waals surface area contributed by atoms with Gasteiger partial charge in [-0.05, 0) is 48.0 Å². The number of guanidine groups is 1. The van der Waals surface area contributed by atoms with Crippen molar-refractivity contribution in [2.75, 3.05) is 26.7 Å². The predicted octanol–water partition coefficient (Wildman–Crippen LogP) is 2.62. The SMILES string of the molecule is CN=C(NCCCN(C(C)C)C(C)C)NCCC(=O)OC(C)C.I. The molecule has 0 fully saturated rings. The maximum atomic E-state index is 11.5. The fourth-order valence-corrected chi connectivity index (χ4v) is 2.41. The second-order valence-electron chi connectivity index (χ2n) is 6.49. The third kappa shape index (κ3) is 12.8. The van der Waals surface area contributed by atoms with Crippen LogP contribution in [0, 0.1) is 0 Å². The van der Waals surface area contributed by atoms with Crippen LogP contribution in [-0.2, 0) is 9.53 Å². The molecule has 6 nitrogen and oxygen atoms in total. The molecule has 24 heavy (non-hydrogen) atoms. The summed E-state index contributed by atoms with van der Waals surface area (Å²) in [4.78, 5) is 18.1. The first-order valence-electron chi connectivity index (χ1n) is 8.67. The summed E-state index contributed by atoms with van der Waals surface area (Å²) in [6.07, 6.45) is 1.32. The number of nitrogens with one attached hydrogen (secondary N) is 2. The zero-order valence-electron chi connectivity index (χ0n) is 16.4. The summed E-state index contributed by atoms with van der Waals surface area (Å²) in [7, 11) is 1.73. The number of ether oxygens (including phenoxy) is 1. The van der Waals surface area contributed by atoms with Gasteiger partial charge in [-0.3, -0.25) is 14.7 Å². The summed E-state index contributed by atoms with van der Waals surface area (Å²) in [5.74, 6) is 0.537. The van der Waals surface area contributed by atoms with Crippen LogP contribution in [0.1, 0.15) is 54.4 Å². The van der Waals surface area contributed by atoms with E-state index in [1.165, 1.54) is 0 Å². The second kappa shape index (κ2) is 14.7. The molecule has 0 aromatic carbocycles. The largest absolute Gasteiger partial charge is 0.463 e. The van der Waals surface area contributed by atoms with E-state index >= 15 is 0 Å². The number of halogens is 1. The van der Waals surface area contributed by atoms with Crippen LogP contribution in [0.25, 0.3) is 0 Å². The maximum absolute atomic E-state index is 11.5. The smallest absolute Gasteiger partial charge is 0.307 e. The zero-order valence-corrected chi connectivity index (χ0v) is 18.7. The van der Waals surface area contributed by atoms with Crippen LogP contribution in [0.4, 0.5) is 0 Å². The Bertz CT molecular complexity index is 352. The average molecular weight is 456 g/mol. The molecular weight excluding hydrogens is 419 g/mol. The Kier molecular flexibility index (Phi) is 15.8. The van der Waals surface area contributed by atoms with Crippen molar-refractivity contribution in [3.05, 3.63) is 0 Å². The van der Waals surface area contributed by atoms with Gasteiger partial charge in [-0.2, -0.15) is 0 Å². The van der Waals surface area contributed by atoms with E-state index in [-0.39, 0.29) is 36.0 Å². The van der Waals surface area contributed by atoms with Crippen molar-refractivity contribution >= 4 is 35.9 Å². The van der Waals surface area contributed by atoms with Gasteiger partial charge < -0.3 is 15.4 Å². The number of carbonyl (C=O) groups excluding carboxylic acids is 1. The van der Waals surface area contributed by atoms with Crippen molar-refractivity contribution in [2.45, 2.75) is 72.6 Å². The zero-order chi connectivity index (χ0) is 17.8. The molecule has 0 unspecified atom stereocenters.